The minimum Gasteiger partial charge on any atom is -0.481 e. The largest absolute Gasteiger partial charge is 0.481 e. The molecule has 1 amide bonds. The van der Waals surface area contributed by atoms with E-state index in [1.165, 1.54) is 5.56 Å². The third-order valence-electron chi connectivity index (χ3n) is 5.47. The van der Waals surface area contributed by atoms with Crippen LogP contribution in [0.25, 0.3) is 0 Å². The van der Waals surface area contributed by atoms with Crippen LogP contribution in [0.3, 0.4) is 0 Å². The summed E-state index contributed by atoms with van der Waals surface area (Å²) in [5.74, 6) is -0.167. The second-order valence-electron chi connectivity index (χ2n) is 7.34. The quantitative estimate of drug-likeness (QED) is 0.862. The van der Waals surface area contributed by atoms with Crippen LogP contribution in [0.15, 0.2) is 30.3 Å². The fraction of sp³-hybridized carbons (Fsp3) is 0.600. The van der Waals surface area contributed by atoms with Gasteiger partial charge in [0.15, 0.2) is 0 Å². The molecular formula is C20H28N2O3. The lowest BCUT2D eigenvalue weighted by Crippen LogP contribution is -2.49. The summed E-state index contributed by atoms with van der Waals surface area (Å²) in [6.07, 6.45) is 4.91. The fourth-order valence-corrected chi connectivity index (χ4v) is 4.15. The molecule has 2 aliphatic heterocycles. The zero-order chi connectivity index (χ0) is 17.6. The second-order valence-corrected chi connectivity index (χ2v) is 7.34. The molecule has 25 heavy (non-hydrogen) atoms. The Balaban J connectivity index is 1.58. The number of carbonyl (C=O) groups is 2. The van der Waals surface area contributed by atoms with Crippen LogP contribution in [0.1, 0.15) is 44.1 Å². The van der Waals surface area contributed by atoms with E-state index < -0.39 is 5.97 Å². The molecule has 2 atom stereocenters. The summed E-state index contributed by atoms with van der Waals surface area (Å²) in [5, 5.41) is 8.88. The maximum absolute atomic E-state index is 13.1. The van der Waals surface area contributed by atoms with Crippen LogP contribution in [-0.2, 0) is 16.1 Å². The summed E-state index contributed by atoms with van der Waals surface area (Å²) < 4.78 is 0. The van der Waals surface area contributed by atoms with E-state index in [2.05, 4.69) is 17.0 Å². The maximum atomic E-state index is 13.1. The Morgan fingerprint density at radius 1 is 1.08 bits per heavy atom. The van der Waals surface area contributed by atoms with Gasteiger partial charge in [0, 0.05) is 26.1 Å². The van der Waals surface area contributed by atoms with Crippen LogP contribution >= 0.6 is 0 Å². The number of nitrogens with zero attached hydrogens (tertiary/aromatic N) is 2. The van der Waals surface area contributed by atoms with Crippen molar-refractivity contribution in [2.24, 2.45) is 5.92 Å². The lowest BCUT2D eigenvalue weighted by molar-refractivity contribution is -0.138. The van der Waals surface area contributed by atoms with Crippen LogP contribution in [0, 0.1) is 5.92 Å². The van der Waals surface area contributed by atoms with Gasteiger partial charge in [-0.1, -0.05) is 30.3 Å². The molecule has 3 rings (SSSR count). The number of carbonyl (C=O) groups excluding carboxylic acids is 1. The van der Waals surface area contributed by atoms with Gasteiger partial charge in [-0.2, -0.15) is 0 Å². The molecule has 0 bridgehead atoms. The van der Waals surface area contributed by atoms with Gasteiger partial charge in [0.2, 0.25) is 5.91 Å². The van der Waals surface area contributed by atoms with Crippen LogP contribution in [0.5, 0.6) is 0 Å². The summed E-state index contributed by atoms with van der Waals surface area (Å²) in [5.41, 5.74) is 1.25. The number of hydrogen-bond acceptors (Lipinski definition) is 3. The number of aliphatic carboxylic acids is 1. The maximum Gasteiger partial charge on any atom is 0.303 e. The highest BCUT2D eigenvalue weighted by Crippen LogP contribution is 2.26. The summed E-state index contributed by atoms with van der Waals surface area (Å²) in [7, 11) is 0. The Morgan fingerprint density at radius 2 is 1.84 bits per heavy atom. The number of rotatable bonds is 6. The Hall–Kier alpha value is -1.88. The highest BCUT2D eigenvalue weighted by molar-refractivity contribution is 5.82. The van der Waals surface area contributed by atoms with E-state index in [9.17, 15) is 9.59 Å². The van der Waals surface area contributed by atoms with Crippen molar-refractivity contribution >= 4 is 11.9 Å². The Labute approximate surface area is 149 Å². The lowest BCUT2D eigenvalue weighted by Gasteiger charge is -2.36. The SMILES string of the molecule is O=C(O)CC[C@@H]1CCCN(C(=O)[C@@H]2CCCN2Cc2ccccc2)C1. The van der Waals surface area contributed by atoms with Gasteiger partial charge in [0.1, 0.15) is 0 Å². The van der Waals surface area contributed by atoms with Crippen molar-refractivity contribution in [2.75, 3.05) is 19.6 Å². The van der Waals surface area contributed by atoms with Gasteiger partial charge < -0.3 is 10.0 Å². The Kier molecular flexibility index (Phi) is 6.08. The molecule has 5 nitrogen and oxygen atoms in total. The summed E-state index contributed by atoms with van der Waals surface area (Å²) >= 11 is 0. The van der Waals surface area contributed by atoms with Crippen molar-refractivity contribution in [3.8, 4) is 0 Å². The fourth-order valence-electron chi connectivity index (χ4n) is 4.15. The summed E-state index contributed by atoms with van der Waals surface area (Å²) in [4.78, 5) is 28.1. The minimum atomic E-state index is -0.742. The van der Waals surface area contributed by atoms with E-state index in [4.69, 9.17) is 5.11 Å². The monoisotopic (exact) mass is 344 g/mol. The number of carboxylic acids is 1. The van der Waals surface area contributed by atoms with E-state index in [1.807, 2.05) is 23.1 Å². The molecule has 0 aromatic heterocycles. The number of piperidine rings is 1. The average molecular weight is 344 g/mol. The molecule has 0 spiro atoms. The molecule has 2 aliphatic rings. The number of benzene rings is 1. The van der Waals surface area contributed by atoms with Gasteiger partial charge in [-0.05, 0) is 50.1 Å². The van der Waals surface area contributed by atoms with Gasteiger partial charge in [0.05, 0.1) is 6.04 Å². The van der Waals surface area contributed by atoms with E-state index in [0.29, 0.717) is 12.3 Å². The predicted molar refractivity (Wildman–Crippen MR) is 96.0 cm³/mol. The number of hydrogen-bond donors (Lipinski definition) is 1. The van der Waals surface area contributed by atoms with Gasteiger partial charge in [-0.25, -0.2) is 0 Å². The van der Waals surface area contributed by atoms with Gasteiger partial charge in [-0.3, -0.25) is 14.5 Å². The van der Waals surface area contributed by atoms with Crippen LogP contribution in [0.2, 0.25) is 0 Å². The first-order valence-electron chi connectivity index (χ1n) is 9.42. The molecule has 0 unspecified atom stereocenters. The summed E-state index contributed by atoms with van der Waals surface area (Å²) in [6.45, 7) is 3.34. The molecule has 0 radical (unpaired) electrons. The molecular weight excluding hydrogens is 316 g/mol. The number of amides is 1. The van der Waals surface area contributed by atoms with Gasteiger partial charge in [0.25, 0.3) is 0 Å². The molecule has 136 valence electrons. The number of carboxylic acid groups (broad SMARTS) is 1. The highest BCUT2D eigenvalue weighted by Gasteiger charge is 2.35. The zero-order valence-electron chi connectivity index (χ0n) is 14.8. The van der Waals surface area contributed by atoms with Crippen molar-refractivity contribution in [3.05, 3.63) is 35.9 Å². The predicted octanol–water partition coefficient (Wildman–Crippen LogP) is 2.75. The Morgan fingerprint density at radius 3 is 2.60 bits per heavy atom. The third-order valence-corrected chi connectivity index (χ3v) is 5.47. The molecule has 0 saturated carbocycles. The van der Waals surface area contributed by atoms with Crippen molar-refractivity contribution in [3.63, 3.8) is 0 Å². The van der Waals surface area contributed by atoms with Crippen LogP contribution < -0.4 is 0 Å². The molecule has 0 aliphatic carbocycles. The topological polar surface area (TPSA) is 60.9 Å². The average Bonchev–Trinajstić information content (AvgIpc) is 3.08. The molecule has 2 heterocycles. The van der Waals surface area contributed by atoms with Crippen molar-refractivity contribution < 1.29 is 14.7 Å². The lowest BCUT2D eigenvalue weighted by atomic mass is 9.93. The van der Waals surface area contributed by atoms with E-state index >= 15 is 0 Å². The smallest absolute Gasteiger partial charge is 0.303 e. The normalized spacial score (nSPS) is 24.4. The zero-order valence-corrected chi connectivity index (χ0v) is 14.8. The molecule has 2 fully saturated rings. The third kappa shape index (κ3) is 4.82. The highest BCUT2D eigenvalue weighted by atomic mass is 16.4. The van der Waals surface area contributed by atoms with Crippen molar-refractivity contribution in [1.82, 2.24) is 9.80 Å². The summed E-state index contributed by atoms with van der Waals surface area (Å²) in [6, 6.07) is 10.3. The van der Waals surface area contributed by atoms with Gasteiger partial charge in [-0.15, -0.1) is 0 Å². The van der Waals surface area contributed by atoms with Crippen molar-refractivity contribution in [1.29, 1.82) is 0 Å². The molecule has 1 N–H and O–H groups in total. The second kappa shape index (κ2) is 8.48. The Bertz CT molecular complexity index is 590. The standard InChI is InChI=1S/C20H28N2O3/c23-19(24)11-10-17-8-4-13-22(15-17)20(25)18-9-5-12-21(18)14-16-6-2-1-3-7-16/h1-3,6-7,17-18H,4-5,8-15H2,(H,23,24)/t17-,18-/m0/s1. The first kappa shape index (κ1) is 17.9. The van der Waals surface area contributed by atoms with E-state index in [0.717, 1.165) is 51.9 Å². The molecule has 5 heteroatoms. The van der Waals surface area contributed by atoms with E-state index in [-0.39, 0.29) is 18.4 Å². The molecule has 2 saturated heterocycles. The van der Waals surface area contributed by atoms with Gasteiger partial charge >= 0.3 is 5.97 Å². The van der Waals surface area contributed by atoms with Crippen LogP contribution in [-0.4, -0.2) is 52.5 Å². The number of likely N-dealkylation sites (tertiary alicyclic amines) is 2. The first-order valence-corrected chi connectivity index (χ1v) is 9.42. The first-order chi connectivity index (χ1) is 12.1. The molecule has 1 aromatic rings. The van der Waals surface area contributed by atoms with Crippen molar-refractivity contribution in [2.45, 2.75) is 51.1 Å². The van der Waals surface area contributed by atoms with E-state index in [1.54, 1.807) is 0 Å². The minimum absolute atomic E-state index is 0.0153. The molecule has 1 aromatic carbocycles. The van der Waals surface area contributed by atoms with Crippen LogP contribution in [0.4, 0.5) is 0 Å².